The molecule has 0 fully saturated rings. The molecule has 0 N–H and O–H groups in total. The van der Waals surface area contributed by atoms with E-state index in [0.29, 0.717) is 0 Å². The van der Waals surface area contributed by atoms with Crippen LogP contribution >= 0.6 is 102 Å². The van der Waals surface area contributed by atoms with Gasteiger partial charge in [-0.3, -0.25) is 0 Å². The predicted molar refractivity (Wildman–Crippen MR) is 598 cm³/mol. The van der Waals surface area contributed by atoms with E-state index in [-0.39, 0.29) is 5.41 Å². The quantitative estimate of drug-likeness (QED) is 0.169. The molecule has 640 valence electrons. The van der Waals surface area contributed by atoms with E-state index in [1.807, 2.05) is 114 Å². The zero-order valence-electron chi connectivity index (χ0n) is 72.8. The lowest BCUT2D eigenvalue weighted by Gasteiger charge is -2.21. The van der Waals surface area contributed by atoms with E-state index in [1.54, 1.807) is 0 Å². The maximum Gasteiger partial charge on any atom is 0.135 e. The fourth-order valence-electron chi connectivity index (χ4n) is 22.4. The molecule has 1 aliphatic rings. The predicted octanol–water partition coefficient (Wildman–Crippen LogP) is 38.5. The minimum atomic E-state index is 0.0255. The van der Waals surface area contributed by atoms with Gasteiger partial charge in [0.2, 0.25) is 0 Å². The summed E-state index contributed by atoms with van der Waals surface area (Å²) in [6.07, 6.45) is 0. The van der Waals surface area contributed by atoms with Crippen molar-refractivity contribution >= 4 is 328 Å². The summed E-state index contributed by atoms with van der Waals surface area (Å²) >= 11 is 17.3. The number of nitrogens with zero attached hydrogens (tertiary/aromatic N) is 5. The second-order valence-electron chi connectivity index (χ2n) is 35.9. The van der Waals surface area contributed by atoms with E-state index in [2.05, 4.69) is 419 Å². The van der Waals surface area contributed by atoms with Crippen molar-refractivity contribution in [3.63, 3.8) is 0 Å². The number of fused-ring (bicyclic) bond motifs is 40. The summed E-state index contributed by atoms with van der Waals surface area (Å²) in [5, 5.41) is 23.9. The maximum absolute atomic E-state index is 6.09. The van der Waals surface area contributed by atoms with Crippen LogP contribution in [-0.4, -0.2) is 22.8 Å². The van der Waals surface area contributed by atoms with Crippen LogP contribution in [0.4, 0.5) is 0 Å². The number of para-hydroxylation sites is 7. The van der Waals surface area contributed by atoms with Gasteiger partial charge in [-0.2, -0.15) is 0 Å². The highest BCUT2D eigenvalue weighted by molar-refractivity contribution is 7.47. The minimum absolute atomic E-state index is 0.0255. The monoisotopic (exact) mass is 1900 g/mol. The molecule has 0 radical (unpaired) electrons. The molecule has 32 aromatic rings. The summed E-state index contributed by atoms with van der Waals surface area (Å²) < 4.78 is 37.7. The molecule has 0 bridgehead atoms. The molecule has 6 nitrogen and oxygen atoms in total. The second-order valence-corrected chi connectivity index (χ2v) is 46.3. The van der Waals surface area contributed by atoms with Crippen molar-refractivity contribution in [3.8, 4) is 39.6 Å². The molecule has 15 aromatic heterocycles. The average molecular weight is 1900 g/mol. The van der Waals surface area contributed by atoms with Gasteiger partial charge in [0, 0.05) is 159 Å². The van der Waals surface area contributed by atoms with Crippen molar-refractivity contribution in [2.24, 2.45) is 0 Å². The summed E-state index contributed by atoms with van der Waals surface area (Å²) in [6, 6.07) is 144. The SMILES string of the molecule is CC1(C)c2ccccc2-c2cc(-n3c4ccccc4c4sc5sc6ccccc6c5c43)ccc21.c1ccc(-n2c3ccccc3c3cc(-n4c5ccccc5c5sc6sc7ccccc7c6c54)ccc32)cc1.c1ccc2c(c1)oc1ccc(-n3c4ccccc4c4sc5sc6ccccc6c5c43)cc12.c1ccc2c(c1)sc1ccc(-n3c4ccccc4c4sc5sc6ccccc6c5c43)cc12. The molecule has 33 rings (SSSR count). The molecule has 15 heterocycles. The Labute approximate surface area is 812 Å². The van der Waals surface area contributed by atoms with E-state index in [9.17, 15) is 0 Å². The number of aromatic nitrogens is 5. The summed E-state index contributed by atoms with van der Waals surface area (Å²) in [6.45, 7) is 4.70. The Hall–Kier alpha value is -14.6. The third-order valence-corrected chi connectivity index (χ3v) is 39.3. The third-order valence-electron chi connectivity index (χ3n) is 28.3. The number of benzene rings is 17. The van der Waals surface area contributed by atoms with Gasteiger partial charge in [-0.15, -0.1) is 102 Å². The molecule has 0 amide bonds. The van der Waals surface area contributed by atoms with Gasteiger partial charge in [-0.25, -0.2) is 0 Å². The zero-order valence-corrected chi connectivity index (χ0v) is 80.2. The van der Waals surface area contributed by atoms with Gasteiger partial charge >= 0.3 is 0 Å². The first-order valence-corrected chi connectivity index (χ1v) is 53.1. The fourth-order valence-corrected chi connectivity index (χ4v) is 34.2. The van der Waals surface area contributed by atoms with Crippen molar-refractivity contribution in [1.29, 1.82) is 0 Å². The molecule has 0 saturated heterocycles. The Morgan fingerprint density at radius 2 is 0.507 bits per heavy atom. The molecule has 0 spiro atoms. The van der Waals surface area contributed by atoms with Gasteiger partial charge in [0.25, 0.3) is 0 Å². The molecule has 0 saturated carbocycles. The zero-order chi connectivity index (χ0) is 89.0. The van der Waals surface area contributed by atoms with Crippen LogP contribution in [-0.2, 0) is 5.41 Å². The molecule has 15 heteroatoms. The van der Waals surface area contributed by atoms with Crippen LogP contribution in [0.5, 0.6) is 0 Å². The van der Waals surface area contributed by atoms with E-state index in [0.717, 1.165) is 21.9 Å². The third kappa shape index (κ3) is 11.3. The highest BCUT2D eigenvalue weighted by Crippen LogP contribution is 2.57. The molecular weight excluding hydrogens is 1830 g/mol. The van der Waals surface area contributed by atoms with Crippen LogP contribution in [0.1, 0.15) is 25.0 Å². The summed E-state index contributed by atoms with van der Waals surface area (Å²) in [5.74, 6) is 0. The minimum Gasteiger partial charge on any atom is -0.456 e. The number of hydrogen-bond donors (Lipinski definition) is 0. The maximum atomic E-state index is 6.09. The normalized spacial score (nSPS) is 12.8. The molecular formula is C121H71N5OS9. The fraction of sp³-hybridized carbons (Fsp3) is 0.0248. The first-order valence-electron chi connectivity index (χ1n) is 45.7. The summed E-state index contributed by atoms with van der Waals surface area (Å²) in [7, 11) is 0. The van der Waals surface area contributed by atoms with Crippen molar-refractivity contribution in [3.05, 3.63) is 405 Å². The average Bonchev–Trinajstić information content (AvgIpc) is 1.56. The van der Waals surface area contributed by atoms with Crippen molar-refractivity contribution in [2.75, 3.05) is 0 Å². The Morgan fingerprint density at radius 1 is 0.191 bits per heavy atom. The molecule has 0 atom stereocenters. The Balaban J connectivity index is 0.0000000863. The van der Waals surface area contributed by atoms with Gasteiger partial charge in [-0.1, -0.05) is 263 Å². The van der Waals surface area contributed by atoms with Crippen LogP contribution < -0.4 is 0 Å². The van der Waals surface area contributed by atoms with Crippen molar-refractivity contribution in [1.82, 2.24) is 22.8 Å². The smallest absolute Gasteiger partial charge is 0.135 e. The van der Waals surface area contributed by atoms with Crippen LogP contribution in [0.3, 0.4) is 0 Å². The van der Waals surface area contributed by atoms with E-state index < -0.39 is 0 Å². The van der Waals surface area contributed by atoms with E-state index in [4.69, 9.17) is 4.42 Å². The number of thiophene rings is 9. The number of hydrogen-bond acceptors (Lipinski definition) is 10. The Bertz CT molecular complexity index is 10400. The number of rotatable bonds is 5. The molecule has 0 aliphatic heterocycles. The van der Waals surface area contributed by atoms with Crippen LogP contribution in [0.15, 0.2) is 399 Å². The summed E-state index contributed by atoms with van der Waals surface area (Å²) in [5.41, 5.74) is 26.4. The Morgan fingerprint density at radius 3 is 0.985 bits per heavy atom. The van der Waals surface area contributed by atoms with E-state index >= 15 is 0 Å². The highest BCUT2D eigenvalue weighted by atomic mass is 32.2. The highest BCUT2D eigenvalue weighted by Gasteiger charge is 2.36. The lowest BCUT2D eigenvalue weighted by Crippen LogP contribution is -2.14. The molecule has 136 heavy (non-hydrogen) atoms. The van der Waals surface area contributed by atoms with Gasteiger partial charge in [0.1, 0.15) is 11.2 Å². The van der Waals surface area contributed by atoms with Crippen LogP contribution in [0.2, 0.25) is 0 Å². The van der Waals surface area contributed by atoms with Gasteiger partial charge in [-0.05, 0) is 168 Å². The topological polar surface area (TPSA) is 37.8 Å². The van der Waals surface area contributed by atoms with Crippen molar-refractivity contribution < 1.29 is 4.42 Å². The summed E-state index contributed by atoms with van der Waals surface area (Å²) in [4.78, 5) is 0. The van der Waals surface area contributed by atoms with Gasteiger partial charge < -0.3 is 27.3 Å². The largest absolute Gasteiger partial charge is 0.456 e. The molecule has 1 aliphatic carbocycles. The second kappa shape index (κ2) is 29.7. The van der Waals surface area contributed by atoms with E-state index in [1.165, 1.54) is 255 Å². The van der Waals surface area contributed by atoms with Gasteiger partial charge in [0.15, 0.2) is 0 Å². The lowest BCUT2D eigenvalue weighted by molar-refractivity contribution is 0.660. The first-order chi connectivity index (χ1) is 67.2. The van der Waals surface area contributed by atoms with Crippen LogP contribution in [0, 0.1) is 0 Å². The first kappa shape index (κ1) is 77.8. The molecule has 17 aromatic carbocycles. The Kier molecular flexibility index (Phi) is 17.0. The van der Waals surface area contributed by atoms with Crippen molar-refractivity contribution in [2.45, 2.75) is 19.3 Å². The number of furan rings is 1. The van der Waals surface area contributed by atoms with Crippen LogP contribution in [0.25, 0.3) is 266 Å². The standard InChI is InChI=1S/C34H20N2S2.C31H21NS2.C28H15NOS2.C28H15NS3/c1-2-10-21(11-3-1)35-27-15-7-4-12-23(27)26-20-22(18-19-29(26)35)36-28-16-8-5-13-24(28)33-32(36)31-25-14-6-9-17-30(25)37-34(31)38-33;1-31(2)23-12-6-3-9-19(23)22-17-18(15-16-24(22)31)32-25-13-7-4-10-20(25)29-28(32)27-21-11-5-8-14-26(21)33-30(27)34-29;1-4-10-21-18(8-1)27-26(25-19-9-3-6-12-24(19)31-28(25)32-27)29(21)16-13-14-23-20(15-16)17-7-2-5-11-22(17)30-23;1-4-10-21-18(8-1)27-26(25-19-9-3-6-12-23(19)31-28(25)32-27)29(21)16-13-14-24-20(15-16)17-7-2-5-11-22(17)30-24/h1-20H;3-17H,1-2H3;2*1-15H. The van der Waals surface area contributed by atoms with Gasteiger partial charge in [0.05, 0.1) is 90.0 Å². The lowest BCUT2D eigenvalue weighted by atomic mass is 9.82. The molecule has 0 unspecified atom stereocenters.